The lowest BCUT2D eigenvalue weighted by Gasteiger charge is -2.34. The van der Waals surface area contributed by atoms with Gasteiger partial charge in [-0.15, -0.1) is 11.8 Å². The van der Waals surface area contributed by atoms with Crippen LogP contribution >= 0.6 is 23.4 Å². The van der Waals surface area contributed by atoms with Gasteiger partial charge in [-0.1, -0.05) is 23.7 Å². The molecule has 2 aliphatic rings. The van der Waals surface area contributed by atoms with E-state index < -0.39 is 6.04 Å². The van der Waals surface area contributed by atoms with E-state index in [9.17, 15) is 14.4 Å². The highest BCUT2D eigenvalue weighted by molar-refractivity contribution is 7.99. The van der Waals surface area contributed by atoms with Crippen LogP contribution in [0.15, 0.2) is 24.3 Å². The summed E-state index contributed by atoms with van der Waals surface area (Å²) in [6.45, 7) is 3.19. The van der Waals surface area contributed by atoms with Crippen LogP contribution in [0.5, 0.6) is 0 Å². The molecule has 27 heavy (non-hydrogen) atoms. The third kappa shape index (κ3) is 4.41. The third-order valence-corrected chi connectivity index (χ3v) is 6.30. The number of carbonyl (C=O) groups excluding carboxylic acids is 3. The van der Waals surface area contributed by atoms with Crippen LogP contribution in [-0.4, -0.2) is 65.0 Å². The second kappa shape index (κ2) is 8.97. The summed E-state index contributed by atoms with van der Waals surface area (Å²) >= 11 is 7.72. The van der Waals surface area contributed by atoms with Gasteiger partial charge in [0.05, 0.1) is 29.0 Å². The molecule has 2 saturated heterocycles. The predicted octanol–water partition coefficient (Wildman–Crippen LogP) is 2.66. The molecule has 0 spiro atoms. The fourth-order valence-electron chi connectivity index (χ4n) is 3.44. The highest BCUT2D eigenvalue weighted by Gasteiger charge is 2.39. The van der Waals surface area contributed by atoms with Gasteiger partial charge in [-0.05, 0) is 31.9 Å². The molecule has 2 aliphatic heterocycles. The van der Waals surface area contributed by atoms with E-state index in [1.165, 1.54) is 0 Å². The Morgan fingerprint density at radius 1 is 1.22 bits per heavy atom. The van der Waals surface area contributed by atoms with E-state index in [1.807, 2.05) is 0 Å². The molecule has 0 aromatic heterocycles. The fraction of sp³-hybridized carbons (Fsp3) is 0.526. The monoisotopic (exact) mass is 410 g/mol. The summed E-state index contributed by atoms with van der Waals surface area (Å²) in [4.78, 5) is 41.1. The Labute approximate surface area is 168 Å². The average Bonchev–Trinajstić information content (AvgIpc) is 3.17. The van der Waals surface area contributed by atoms with Crippen molar-refractivity contribution in [1.29, 1.82) is 0 Å². The topological polar surface area (TPSA) is 66.9 Å². The molecular formula is C19H23ClN2O4S. The zero-order valence-electron chi connectivity index (χ0n) is 15.2. The molecule has 0 saturated carbocycles. The summed E-state index contributed by atoms with van der Waals surface area (Å²) in [5.41, 5.74) is 0.417. The summed E-state index contributed by atoms with van der Waals surface area (Å²) in [6, 6.07) is 6.40. The van der Waals surface area contributed by atoms with Crippen LogP contribution in [0, 0.1) is 5.92 Å². The number of benzene rings is 1. The maximum absolute atomic E-state index is 13.0. The molecule has 0 bridgehead atoms. The summed E-state index contributed by atoms with van der Waals surface area (Å²) < 4.78 is 5.07. The van der Waals surface area contributed by atoms with Gasteiger partial charge < -0.3 is 14.5 Å². The maximum Gasteiger partial charge on any atom is 0.309 e. The van der Waals surface area contributed by atoms with E-state index in [0.717, 1.165) is 0 Å². The van der Waals surface area contributed by atoms with Crippen LogP contribution in [0.25, 0.3) is 0 Å². The maximum atomic E-state index is 13.0. The number of ether oxygens (including phenoxy) is 1. The second-order valence-electron chi connectivity index (χ2n) is 6.62. The zero-order chi connectivity index (χ0) is 19.4. The lowest BCUT2D eigenvalue weighted by atomic mass is 9.96. The van der Waals surface area contributed by atoms with Crippen LogP contribution in [0.4, 0.5) is 0 Å². The molecule has 0 N–H and O–H groups in total. The number of likely N-dealkylation sites (tertiary alicyclic amines) is 1. The predicted molar refractivity (Wildman–Crippen MR) is 105 cm³/mol. The van der Waals surface area contributed by atoms with Gasteiger partial charge in [-0.25, -0.2) is 0 Å². The van der Waals surface area contributed by atoms with E-state index in [4.69, 9.17) is 16.3 Å². The Morgan fingerprint density at radius 2 is 1.93 bits per heavy atom. The van der Waals surface area contributed by atoms with Crippen molar-refractivity contribution >= 4 is 41.1 Å². The minimum Gasteiger partial charge on any atom is -0.466 e. The third-order valence-electron chi connectivity index (χ3n) is 4.96. The van der Waals surface area contributed by atoms with E-state index in [2.05, 4.69) is 0 Å². The molecule has 2 amide bonds. The first kappa shape index (κ1) is 20.0. The van der Waals surface area contributed by atoms with Crippen molar-refractivity contribution in [3.05, 3.63) is 34.9 Å². The number of halogens is 1. The molecule has 146 valence electrons. The van der Waals surface area contributed by atoms with Gasteiger partial charge in [0.25, 0.3) is 5.91 Å². The number of carbonyl (C=O) groups is 3. The number of thioether (sulfide) groups is 1. The molecule has 3 rings (SSSR count). The van der Waals surface area contributed by atoms with Crippen molar-refractivity contribution in [3.63, 3.8) is 0 Å². The molecule has 1 atom stereocenters. The number of nitrogens with zero attached hydrogens (tertiary/aromatic N) is 2. The van der Waals surface area contributed by atoms with Crippen LogP contribution in [-0.2, 0) is 14.3 Å². The first-order valence-corrected chi connectivity index (χ1v) is 10.6. The molecular weight excluding hydrogens is 388 g/mol. The minimum absolute atomic E-state index is 0.0530. The van der Waals surface area contributed by atoms with Gasteiger partial charge >= 0.3 is 5.97 Å². The quantitative estimate of drug-likeness (QED) is 0.714. The smallest absolute Gasteiger partial charge is 0.309 e. The van der Waals surface area contributed by atoms with Crippen LogP contribution in [0.3, 0.4) is 0 Å². The Hall–Kier alpha value is -1.73. The molecule has 1 unspecified atom stereocenters. The lowest BCUT2D eigenvalue weighted by molar-refractivity contribution is -0.151. The van der Waals surface area contributed by atoms with E-state index in [0.29, 0.717) is 54.8 Å². The number of rotatable bonds is 4. The largest absolute Gasteiger partial charge is 0.466 e. The van der Waals surface area contributed by atoms with E-state index >= 15 is 0 Å². The van der Waals surface area contributed by atoms with Crippen LogP contribution < -0.4 is 0 Å². The van der Waals surface area contributed by atoms with E-state index in [-0.39, 0.29) is 23.7 Å². The normalized spacial score (nSPS) is 20.6. The second-order valence-corrected chi connectivity index (χ2v) is 8.03. The van der Waals surface area contributed by atoms with Crippen molar-refractivity contribution in [2.45, 2.75) is 25.8 Å². The fourth-order valence-corrected chi connectivity index (χ4v) is 4.80. The van der Waals surface area contributed by atoms with Crippen molar-refractivity contribution in [2.75, 3.05) is 31.3 Å². The molecule has 1 aromatic rings. The Balaban J connectivity index is 1.64. The molecule has 0 aliphatic carbocycles. The van der Waals surface area contributed by atoms with Gasteiger partial charge in [-0.2, -0.15) is 0 Å². The van der Waals surface area contributed by atoms with Crippen LogP contribution in [0.2, 0.25) is 5.02 Å². The number of esters is 1. The molecule has 6 nitrogen and oxygen atoms in total. The Kier molecular flexibility index (Phi) is 6.65. The molecule has 0 radical (unpaired) electrons. The van der Waals surface area contributed by atoms with Crippen molar-refractivity contribution in [1.82, 2.24) is 9.80 Å². The van der Waals surface area contributed by atoms with Gasteiger partial charge in [0.2, 0.25) is 5.91 Å². The summed E-state index contributed by atoms with van der Waals surface area (Å²) in [7, 11) is 0. The average molecular weight is 411 g/mol. The molecule has 8 heteroatoms. The highest BCUT2D eigenvalue weighted by atomic mass is 35.5. The van der Waals surface area contributed by atoms with Crippen molar-refractivity contribution in [3.8, 4) is 0 Å². The molecule has 2 fully saturated rings. The molecule has 1 aromatic carbocycles. The van der Waals surface area contributed by atoms with Gasteiger partial charge in [-0.3, -0.25) is 14.4 Å². The first-order valence-electron chi connectivity index (χ1n) is 9.11. The highest BCUT2D eigenvalue weighted by Crippen LogP contribution is 2.28. The summed E-state index contributed by atoms with van der Waals surface area (Å²) in [5, 5.41) is 0.390. The Bertz CT molecular complexity index is 721. The number of amides is 2. The van der Waals surface area contributed by atoms with E-state index in [1.54, 1.807) is 52.8 Å². The Morgan fingerprint density at radius 3 is 2.59 bits per heavy atom. The first-order chi connectivity index (χ1) is 13.0. The number of hydrogen-bond donors (Lipinski definition) is 0. The summed E-state index contributed by atoms with van der Waals surface area (Å²) in [6.07, 6.45) is 1.20. The molecule has 2 heterocycles. The zero-order valence-corrected chi connectivity index (χ0v) is 16.8. The van der Waals surface area contributed by atoms with Crippen LogP contribution in [0.1, 0.15) is 30.1 Å². The minimum atomic E-state index is -0.488. The SMILES string of the molecule is CCOC(=O)C1CCN(C(=O)C2CSCN2C(=O)c2ccccc2Cl)CC1. The summed E-state index contributed by atoms with van der Waals surface area (Å²) in [5.74, 6) is 0.449. The van der Waals surface area contributed by atoms with Crippen molar-refractivity contribution in [2.24, 2.45) is 5.92 Å². The van der Waals surface area contributed by atoms with Gasteiger partial charge in [0.15, 0.2) is 0 Å². The number of hydrogen-bond acceptors (Lipinski definition) is 5. The lowest BCUT2D eigenvalue weighted by Crippen LogP contribution is -2.51. The van der Waals surface area contributed by atoms with Crippen molar-refractivity contribution < 1.29 is 19.1 Å². The number of piperidine rings is 1. The van der Waals surface area contributed by atoms with Gasteiger partial charge in [0, 0.05) is 18.8 Å². The van der Waals surface area contributed by atoms with Gasteiger partial charge in [0.1, 0.15) is 6.04 Å². The standard InChI is InChI=1S/C19H23ClN2O4S/c1-2-26-19(25)13-7-9-21(10-8-13)18(24)16-11-27-12-22(16)17(23)14-5-3-4-6-15(14)20/h3-6,13,16H,2,7-12H2,1H3.